The third kappa shape index (κ3) is 7.05. The van der Waals surface area contributed by atoms with Crippen LogP contribution in [0.2, 0.25) is 0 Å². The fourth-order valence-corrected chi connectivity index (χ4v) is 2.42. The Morgan fingerprint density at radius 2 is 1.62 bits per heavy atom. The van der Waals surface area contributed by atoms with Crippen LogP contribution in [0, 0.1) is 5.41 Å². The normalized spacial score (nSPS) is 17.5. The van der Waals surface area contributed by atoms with Crippen LogP contribution in [0.15, 0.2) is 4.99 Å². The molecule has 1 heterocycles. The summed E-state index contributed by atoms with van der Waals surface area (Å²) in [4.78, 5) is 18.5. The summed E-state index contributed by atoms with van der Waals surface area (Å²) >= 11 is 0. The van der Waals surface area contributed by atoms with Gasteiger partial charge in [-0.1, -0.05) is 20.8 Å². The lowest BCUT2D eigenvalue weighted by molar-refractivity contribution is -0.128. The molecule has 1 saturated heterocycles. The number of rotatable bonds is 6. The monoisotopic (exact) mass is 341 g/mol. The summed E-state index contributed by atoms with van der Waals surface area (Å²) in [5.41, 5.74) is -0.329. The van der Waals surface area contributed by atoms with E-state index < -0.39 is 0 Å². The highest BCUT2D eigenvalue weighted by atomic mass is 16.5. The number of amides is 1. The van der Waals surface area contributed by atoms with Crippen molar-refractivity contribution in [1.82, 2.24) is 20.9 Å². The summed E-state index contributed by atoms with van der Waals surface area (Å²) in [6, 6.07) is 0. The number of hydrogen-bond acceptors (Lipinski definition) is 4. The van der Waals surface area contributed by atoms with Crippen molar-refractivity contribution < 1.29 is 9.53 Å². The van der Waals surface area contributed by atoms with Gasteiger partial charge in [-0.15, -0.1) is 0 Å². The number of morpholine rings is 1. The number of ether oxygens (including phenoxy) is 1. The zero-order valence-electron chi connectivity index (χ0n) is 16.2. The second-order valence-corrected chi connectivity index (χ2v) is 7.77. The number of aliphatic imine (C=N–C) groups is 1. The molecule has 3 N–H and O–H groups in total. The molecule has 0 saturated carbocycles. The van der Waals surface area contributed by atoms with E-state index in [1.807, 2.05) is 20.8 Å². The zero-order valence-corrected chi connectivity index (χ0v) is 16.2. The average Bonchev–Trinajstić information content (AvgIpc) is 2.54. The van der Waals surface area contributed by atoms with Crippen LogP contribution in [0.5, 0.6) is 0 Å². The molecule has 0 radical (unpaired) electrons. The highest BCUT2D eigenvalue weighted by Gasteiger charge is 2.28. The lowest BCUT2D eigenvalue weighted by Gasteiger charge is -2.41. The first-order chi connectivity index (χ1) is 11.2. The highest BCUT2D eigenvalue weighted by molar-refractivity contribution is 5.81. The maximum absolute atomic E-state index is 11.8. The number of nitrogens with one attached hydrogen (secondary N) is 3. The number of carbonyl (C=O) groups excluding carboxylic acids is 1. The van der Waals surface area contributed by atoms with Gasteiger partial charge in [0.05, 0.1) is 13.2 Å². The van der Waals surface area contributed by atoms with Gasteiger partial charge in [0.1, 0.15) is 0 Å². The first-order valence-corrected chi connectivity index (χ1v) is 8.72. The van der Waals surface area contributed by atoms with Crippen LogP contribution in [0.1, 0.15) is 34.6 Å². The largest absolute Gasteiger partial charge is 0.379 e. The minimum Gasteiger partial charge on any atom is -0.379 e. The van der Waals surface area contributed by atoms with Gasteiger partial charge in [0.25, 0.3) is 0 Å². The van der Waals surface area contributed by atoms with Crippen LogP contribution < -0.4 is 16.0 Å². The zero-order chi connectivity index (χ0) is 18.2. The first kappa shape index (κ1) is 20.7. The highest BCUT2D eigenvalue weighted by Crippen LogP contribution is 2.15. The van der Waals surface area contributed by atoms with Crippen molar-refractivity contribution in [3.8, 4) is 0 Å². The Balaban J connectivity index is 2.31. The molecule has 7 heteroatoms. The maximum Gasteiger partial charge on any atom is 0.225 e. The predicted octanol–water partition coefficient (Wildman–Crippen LogP) is 0.425. The second-order valence-electron chi connectivity index (χ2n) is 7.77. The van der Waals surface area contributed by atoms with E-state index in [1.54, 1.807) is 7.05 Å². The van der Waals surface area contributed by atoms with E-state index in [9.17, 15) is 4.79 Å². The predicted molar refractivity (Wildman–Crippen MR) is 98.3 cm³/mol. The van der Waals surface area contributed by atoms with Crippen molar-refractivity contribution in [3.05, 3.63) is 0 Å². The topological polar surface area (TPSA) is 78.0 Å². The summed E-state index contributed by atoms with van der Waals surface area (Å²) in [5, 5.41) is 9.52. The van der Waals surface area contributed by atoms with E-state index in [4.69, 9.17) is 4.74 Å². The third-order valence-electron chi connectivity index (χ3n) is 4.16. The minimum atomic E-state index is -0.359. The molecular weight excluding hydrogens is 306 g/mol. The molecular formula is C17H35N5O2. The van der Waals surface area contributed by atoms with Crippen LogP contribution in [0.4, 0.5) is 0 Å². The number of guanidine groups is 1. The fraction of sp³-hybridized carbons (Fsp3) is 0.882. The van der Waals surface area contributed by atoms with Gasteiger partial charge in [0, 0.05) is 50.7 Å². The third-order valence-corrected chi connectivity index (χ3v) is 4.16. The summed E-state index contributed by atoms with van der Waals surface area (Å²) in [6.07, 6.45) is 0. The van der Waals surface area contributed by atoms with Crippen LogP contribution in [0.25, 0.3) is 0 Å². The van der Waals surface area contributed by atoms with Gasteiger partial charge >= 0.3 is 0 Å². The lowest BCUT2D eigenvalue weighted by atomic mass is 9.96. The Bertz CT molecular complexity index is 423. The van der Waals surface area contributed by atoms with Crippen molar-refractivity contribution in [1.29, 1.82) is 0 Å². The molecule has 24 heavy (non-hydrogen) atoms. The van der Waals surface area contributed by atoms with Crippen LogP contribution in [-0.4, -0.2) is 75.3 Å². The standard InChI is InChI=1S/C17H35N5O2/c1-16(2,3)14(23)19-7-8-20-15(18-6)21-13-17(4,5)22-9-11-24-12-10-22/h7-13H2,1-6H3,(H,19,23)(H2,18,20,21). The van der Waals surface area contributed by atoms with Gasteiger partial charge < -0.3 is 20.7 Å². The molecule has 0 spiro atoms. The van der Waals surface area contributed by atoms with E-state index in [-0.39, 0.29) is 16.9 Å². The fourth-order valence-electron chi connectivity index (χ4n) is 2.42. The van der Waals surface area contributed by atoms with E-state index in [0.29, 0.717) is 13.1 Å². The Labute approximate surface area is 146 Å². The van der Waals surface area contributed by atoms with E-state index >= 15 is 0 Å². The van der Waals surface area contributed by atoms with Gasteiger partial charge in [-0.2, -0.15) is 0 Å². The molecule has 7 nitrogen and oxygen atoms in total. The van der Waals surface area contributed by atoms with E-state index in [2.05, 4.69) is 39.7 Å². The van der Waals surface area contributed by atoms with Crippen LogP contribution in [0.3, 0.4) is 0 Å². The average molecular weight is 342 g/mol. The first-order valence-electron chi connectivity index (χ1n) is 8.72. The van der Waals surface area contributed by atoms with Gasteiger partial charge in [-0.05, 0) is 13.8 Å². The van der Waals surface area contributed by atoms with Gasteiger partial charge in [-0.25, -0.2) is 0 Å². The molecule has 0 unspecified atom stereocenters. The smallest absolute Gasteiger partial charge is 0.225 e. The van der Waals surface area contributed by atoms with Crippen molar-refractivity contribution in [2.24, 2.45) is 10.4 Å². The number of nitrogens with zero attached hydrogens (tertiary/aromatic N) is 2. The minimum absolute atomic E-state index is 0.0296. The van der Waals surface area contributed by atoms with Crippen molar-refractivity contribution in [3.63, 3.8) is 0 Å². The Morgan fingerprint density at radius 1 is 1.04 bits per heavy atom. The summed E-state index contributed by atoms with van der Waals surface area (Å²) in [6.45, 7) is 15.7. The summed E-state index contributed by atoms with van der Waals surface area (Å²) < 4.78 is 5.42. The summed E-state index contributed by atoms with van der Waals surface area (Å²) in [7, 11) is 1.75. The Kier molecular flexibility index (Phi) is 7.96. The lowest BCUT2D eigenvalue weighted by Crippen LogP contribution is -2.56. The molecule has 0 atom stereocenters. The molecule has 1 rings (SSSR count). The van der Waals surface area contributed by atoms with Crippen LogP contribution >= 0.6 is 0 Å². The number of hydrogen-bond donors (Lipinski definition) is 3. The van der Waals surface area contributed by atoms with E-state index in [0.717, 1.165) is 38.8 Å². The molecule has 0 aromatic heterocycles. The second kappa shape index (κ2) is 9.22. The molecule has 1 aliphatic rings. The molecule has 0 aromatic carbocycles. The van der Waals surface area contributed by atoms with Gasteiger partial charge in [0.2, 0.25) is 5.91 Å². The van der Waals surface area contributed by atoms with Gasteiger partial charge in [0.15, 0.2) is 5.96 Å². The van der Waals surface area contributed by atoms with Crippen molar-refractivity contribution in [2.75, 3.05) is 53.0 Å². The van der Waals surface area contributed by atoms with Crippen molar-refractivity contribution in [2.45, 2.75) is 40.2 Å². The number of carbonyl (C=O) groups is 1. The van der Waals surface area contributed by atoms with Crippen molar-refractivity contribution >= 4 is 11.9 Å². The molecule has 140 valence electrons. The molecule has 0 aliphatic carbocycles. The Morgan fingerprint density at radius 3 is 2.17 bits per heavy atom. The molecule has 0 aromatic rings. The van der Waals surface area contributed by atoms with Gasteiger partial charge in [-0.3, -0.25) is 14.7 Å². The molecule has 1 amide bonds. The quantitative estimate of drug-likeness (QED) is 0.371. The Hall–Kier alpha value is -1.34. The van der Waals surface area contributed by atoms with E-state index in [1.165, 1.54) is 0 Å². The molecule has 0 bridgehead atoms. The summed E-state index contributed by atoms with van der Waals surface area (Å²) in [5.74, 6) is 0.807. The van der Waals surface area contributed by atoms with Crippen LogP contribution in [-0.2, 0) is 9.53 Å². The maximum atomic E-state index is 11.8. The molecule has 1 aliphatic heterocycles. The molecule has 1 fully saturated rings. The SMILES string of the molecule is CN=C(NCCNC(=O)C(C)(C)C)NCC(C)(C)N1CCOCC1.